The molecule has 0 radical (unpaired) electrons. The van der Waals surface area contributed by atoms with Crippen molar-refractivity contribution < 1.29 is 4.63 Å². The van der Waals surface area contributed by atoms with Gasteiger partial charge in [0.05, 0.1) is 10.0 Å². The molecule has 0 saturated heterocycles. The smallest absolute Gasteiger partial charge is 0.245 e. The fourth-order valence-corrected chi connectivity index (χ4v) is 2.78. The third kappa shape index (κ3) is 3.65. The zero-order valence-corrected chi connectivity index (χ0v) is 15.9. The highest BCUT2D eigenvalue weighted by atomic mass is 35.5. The summed E-state index contributed by atoms with van der Waals surface area (Å²) in [5.41, 5.74) is 4.55. The predicted octanol–water partition coefficient (Wildman–Crippen LogP) is 5.42. The molecule has 0 saturated carbocycles. The number of aryl methyl sites for hydroxylation is 2. The largest absolute Gasteiger partial charge is 0.337 e. The number of hydrogen-bond donors (Lipinski definition) is 2. The van der Waals surface area contributed by atoms with E-state index >= 15 is 0 Å². The third-order valence-electron chi connectivity index (χ3n) is 4.07. The van der Waals surface area contributed by atoms with Crippen molar-refractivity contribution in [3.8, 4) is 0 Å². The van der Waals surface area contributed by atoms with E-state index in [1.807, 2.05) is 25.1 Å². The summed E-state index contributed by atoms with van der Waals surface area (Å²) in [5.74, 6) is 0.933. The van der Waals surface area contributed by atoms with Gasteiger partial charge >= 0.3 is 0 Å². The van der Waals surface area contributed by atoms with Gasteiger partial charge in [-0.2, -0.15) is 0 Å². The Morgan fingerprint density at radius 2 is 1.33 bits per heavy atom. The van der Waals surface area contributed by atoms with Crippen LogP contribution in [0.5, 0.6) is 0 Å². The topological polar surface area (TPSA) is 88.8 Å². The number of nitrogens with one attached hydrogen (secondary N) is 2. The molecule has 9 heteroatoms. The Morgan fingerprint density at radius 3 is 1.93 bits per heavy atom. The van der Waals surface area contributed by atoms with Crippen molar-refractivity contribution >= 4 is 57.5 Å². The molecule has 0 fully saturated rings. The number of benzene rings is 2. The SMILES string of the molecule is Cc1ccc(Nc2nc3nonc3nc2Nc2ccc(Cl)c(Cl)c2)cc1C. The second-order valence-electron chi connectivity index (χ2n) is 6.01. The molecular formula is C18H14Cl2N6O. The first-order valence-electron chi connectivity index (χ1n) is 8.06. The van der Waals surface area contributed by atoms with E-state index < -0.39 is 0 Å². The van der Waals surface area contributed by atoms with E-state index in [0.29, 0.717) is 38.7 Å². The second kappa shape index (κ2) is 7.02. The summed E-state index contributed by atoms with van der Waals surface area (Å²) in [4.78, 5) is 8.90. The van der Waals surface area contributed by atoms with Gasteiger partial charge in [0.1, 0.15) is 0 Å². The summed E-state index contributed by atoms with van der Waals surface area (Å²) >= 11 is 12.1. The molecule has 2 aromatic heterocycles. The average molecular weight is 401 g/mol. The lowest BCUT2D eigenvalue weighted by Crippen LogP contribution is -2.03. The van der Waals surface area contributed by atoms with Gasteiger partial charge in [-0.25, -0.2) is 14.6 Å². The van der Waals surface area contributed by atoms with Crippen LogP contribution < -0.4 is 10.6 Å². The fraction of sp³-hybridized carbons (Fsp3) is 0.111. The van der Waals surface area contributed by atoms with Crippen LogP contribution in [0.3, 0.4) is 0 Å². The highest BCUT2D eigenvalue weighted by molar-refractivity contribution is 6.42. The van der Waals surface area contributed by atoms with Crippen LogP contribution >= 0.6 is 23.2 Å². The van der Waals surface area contributed by atoms with Crippen molar-refractivity contribution in [2.24, 2.45) is 0 Å². The van der Waals surface area contributed by atoms with Crippen LogP contribution in [0.25, 0.3) is 11.3 Å². The molecule has 0 amide bonds. The monoisotopic (exact) mass is 400 g/mol. The van der Waals surface area contributed by atoms with E-state index in [1.54, 1.807) is 18.2 Å². The maximum Gasteiger partial charge on any atom is 0.245 e. The molecule has 0 unspecified atom stereocenters. The van der Waals surface area contributed by atoms with Gasteiger partial charge in [-0.05, 0) is 65.6 Å². The Kier molecular flexibility index (Phi) is 4.55. The Balaban J connectivity index is 1.74. The standard InChI is InChI=1S/C18H14Cl2N6O/c1-9-3-4-11(7-10(9)2)21-15-16(24-18-17(23-15)25-27-26-18)22-12-5-6-13(19)14(20)8-12/h3-8H,1-2H3,(H,21,23,25)(H,22,24,26). The van der Waals surface area contributed by atoms with Gasteiger partial charge in [0.25, 0.3) is 0 Å². The van der Waals surface area contributed by atoms with Crippen LogP contribution in [0.2, 0.25) is 10.0 Å². The number of aromatic nitrogens is 4. The number of nitrogens with zero attached hydrogens (tertiary/aromatic N) is 4. The first kappa shape index (κ1) is 17.5. The maximum atomic E-state index is 6.10. The van der Waals surface area contributed by atoms with Crippen LogP contribution in [-0.2, 0) is 0 Å². The molecule has 2 N–H and O–H groups in total. The molecule has 0 atom stereocenters. The van der Waals surface area contributed by atoms with Crippen LogP contribution in [0, 0.1) is 13.8 Å². The van der Waals surface area contributed by atoms with E-state index in [2.05, 4.69) is 37.8 Å². The quantitative estimate of drug-likeness (QED) is 0.472. The van der Waals surface area contributed by atoms with Crippen molar-refractivity contribution in [3.63, 3.8) is 0 Å². The second-order valence-corrected chi connectivity index (χ2v) is 6.82. The number of fused-ring (bicyclic) bond motifs is 1. The van der Waals surface area contributed by atoms with Crippen LogP contribution in [-0.4, -0.2) is 20.3 Å². The summed E-state index contributed by atoms with van der Waals surface area (Å²) in [6.07, 6.45) is 0. The zero-order chi connectivity index (χ0) is 19.0. The first-order chi connectivity index (χ1) is 13.0. The highest BCUT2D eigenvalue weighted by Crippen LogP contribution is 2.30. The third-order valence-corrected chi connectivity index (χ3v) is 4.81. The molecule has 4 rings (SSSR count). The molecular weight excluding hydrogens is 387 g/mol. The van der Waals surface area contributed by atoms with E-state index in [9.17, 15) is 0 Å². The maximum absolute atomic E-state index is 6.10. The van der Waals surface area contributed by atoms with Crippen LogP contribution in [0.1, 0.15) is 11.1 Å². The van der Waals surface area contributed by atoms with E-state index in [4.69, 9.17) is 27.8 Å². The lowest BCUT2D eigenvalue weighted by Gasteiger charge is -2.13. The molecule has 0 aliphatic heterocycles. The van der Waals surface area contributed by atoms with Crippen LogP contribution in [0.4, 0.5) is 23.0 Å². The fourth-order valence-electron chi connectivity index (χ4n) is 2.48. The lowest BCUT2D eigenvalue weighted by atomic mass is 10.1. The summed E-state index contributed by atoms with van der Waals surface area (Å²) in [7, 11) is 0. The normalized spacial score (nSPS) is 11.0. The Morgan fingerprint density at radius 1 is 0.741 bits per heavy atom. The molecule has 0 aliphatic rings. The summed E-state index contributed by atoms with van der Waals surface area (Å²) in [6, 6.07) is 11.2. The molecule has 2 heterocycles. The van der Waals surface area contributed by atoms with Gasteiger partial charge < -0.3 is 10.6 Å². The zero-order valence-electron chi connectivity index (χ0n) is 14.4. The van der Waals surface area contributed by atoms with Crippen molar-refractivity contribution in [3.05, 3.63) is 57.6 Å². The van der Waals surface area contributed by atoms with Gasteiger partial charge in [0.2, 0.25) is 11.3 Å². The lowest BCUT2D eigenvalue weighted by molar-refractivity contribution is 0.314. The molecule has 0 spiro atoms. The van der Waals surface area contributed by atoms with Crippen molar-refractivity contribution in [1.29, 1.82) is 0 Å². The minimum Gasteiger partial charge on any atom is -0.337 e. The number of hydrogen-bond acceptors (Lipinski definition) is 7. The molecule has 2 aromatic carbocycles. The summed E-state index contributed by atoms with van der Waals surface area (Å²) in [5, 5.41) is 14.9. The van der Waals surface area contributed by atoms with Crippen molar-refractivity contribution in [2.45, 2.75) is 13.8 Å². The van der Waals surface area contributed by atoms with Gasteiger partial charge in [-0.15, -0.1) is 0 Å². The Hall–Kier alpha value is -2.90. The highest BCUT2D eigenvalue weighted by Gasteiger charge is 2.14. The van der Waals surface area contributed by atoms with Crippen molar-refractivity contribution in [1.82, 2.24) is 20.3 Å². The van der Waals surface area contributed by atoms with Gasteiger partial charge in [-0.1, -0.05) is 29.3 Å². The van der Waals surface area contributed by atoms with E-state index in [-0.39, 0.29) is 0 Å². The number of anilines is 4. The average Bonchev–Trinajstić information content (AvgIpc) is 3.09. The van der Waals surface area contributed by atoms with Gasteiger partial charge in [0.15, 0.2) is 11.6 Å². The summed E-state index contributed by atoms with van der Waals surface area (Å²) < 4.78 is 4.73. The molecule has 136 valence electrons. The molecule has 27 heavy (non-hydrogen) atoms. The molecule has 0 bridgehead atoms. The van der Waals surface area contributed by atoms with Crippen LogP contribution in [0.15, 0.2) is 41.0 Å². The minimum absolute atomic E-state index is 0.295. The van der Waals surface area contributed by atoms with Gasteiger partial charge in [-0.3, -0.25) is 0 Å². The Labute approximate surface area is 164 Å². The van der Waals surface area contributed by atoms with Gasteiger partial charge in [0, 0.05) is 11.4 Å². The number of rotatable bonds is 4. The predicted molar refractivity (Wildman–Crippen MR) is 106 cm³/mol. The first-order valence-corrected chi connectivity index (χ1v) is 8.82. The van der Waals surface area contributed by atoms with E-state index in [0.717, 1.165) is 11.3 Å². The van der Waals surface area contributed by atoms with Crippen molar-refractivity contribution in [2.75, 3.05) is 10.6 Å². The Bertz CT molecular complexity index is 1060. The summed E-state index contributed by atoms with van der Waals surface area (Å²) in [6.45, 7) is 4.11. The molecule has 4 aromatic rings. The van der Waals surface area contributed by atoms with E-state index in [1.165, 1.54) is 5.56 Å². The molecule has 7 nitrogen and oxygen atoms in total. The molecule has 0 aliphatic carbocycles. The number of halogens is 2. The minimum atomic E-state index is 0.295.